The average Bonchev–Trinajstić information content (AvgIpc) is 2.71. The molecule has 8 nitrogen and oxygen atoms in total. The molecule has 0 bridgehead atoms. The maximum absolute atomic E-state index is 13.3. The number of nitrogens with two attached hydrogens (primary N) is 1. The summed E-state index contributed by atoms with van der Waals surface area (Å²) >= 11 is 1.02. The number of aromatic hydroxyl groups is 1. The Labute approximate surface area is 172 Å². The number of hydrogen-bond donors (Lipinski definition) is 4. The molecule has 0 aromatic heterocycles. The van der Waals surface area contributed by atoms with Crippen molar-refractivity contribution >= 4 is 29.5 Å². The average molecular weight is 443 g/mol. The zero-order valence-electron chi connectivity index (χ0n) is 15.1. The molecular formula is C18H16F3N3O5S. The topological polar surface area (TPSA) is 133 Å². The normalized spacial score (nSPS) is 21.5. The zero-order chi connectivity index (χ0) is 22.2. The van der Waals surface area contributed by atoms with Gasteiger partial charge in [0.1, 0.15) is 28.9 Å². The second-order valence-corrected chi connectivity index (χ2v) is 7.67. The Hall–Kier alpha value is -2.99. The quantitative estimate of drug-likeness (QED) is 0.491. The molecule has 160 valence electrons. The fraction of sp³-hybridized carbons (Fsp3) is 0.278. The van der Waals surface area contributed by atoms with Crippen molar-refractivity contribution < 1.29 is 37.8 Å². The van der Waals surface area contributed by atoms with Gasteiger partial charge in [0.15, 0.2) is 5.83 Å². The molecule has 0 saturated carbocycles. The molecule has 2 amide bonds. The lowest BCUT2D eigenvalue weighted by atomic mass is 10.00. The van der Waals surface area contributed by atoms with E-state index in [1.807, 2.05) is 0 Å². The lowest BCUT2D eigenvalue weighted by Gasteiger charge is -2.49. The smallest absolute Gasteiger partial charge is 0.352 e. The van der Waals surface area contributed by atoms with Crippen LogP contribution in [-0.4, -0.2) is 50.1 Å². The number of aliphatic carboxylic acids is 1. The van der Waals surface area contributed by atoms with Crippen molar-refractivity contribution in [3.63, 3.8) is 0 Å². The maximum Gasteiger partial charge on any atom is 0.352 e. The molecular weight excluding hydrogens is 427 g/mol. The third-order valence-corrected chi connectivity index (χ3v) is 6.00. The van der Waals surface area contributed by atoms with Gasteiger partial charge in [0.2, 0.25) is 5.91 Å². The summed E-state index contributed by atoms with van der Waals surface area (Å²) in [5.74, 6) is -4.90. The van der Waals surface area contributed by atoms with Gasteiger partial charge in [-0.1, -0.05) is 12.1 Å². The minimum Gasteiger partial charge on any atom is -0.508 e. The zero-order valence-corrected chi connectivity index (χ0v) is 16.0. The van der Waals surface area contributed by atoms with Crippen LogP contribution in [-0.2, 0) is 14.4 Å². The van der Waals surface area contributed by atoms with Crippen molar-refractivity contribution in [2.24, 2.45) is 5.73 Å². The van der Waals surface area contributed by atoms with Crippen LogP contribution in [0.4, 0.5) is 13.2 Å². The van der Waals surface area contributed by atoms with Crippen molar-refractivity contribution in [1.29, 1.82) is 0 Å². The third-order valence-electron chi connectivity index (χ3n) is 4.66. The molecule has 3 atom stereocenters. The van der Waals surface area contributed by atoms with E-state index in [0.29, 0.717) is 5.56 Å². The molecule has 2 aliphatic heterocycles. The Balaban J connectivity index is 1.75. The molecule has 1 unspecified atom stereocenters. The van der Waals surface area contributed by atoms with Gasteiger partial charge in [0, 0.05) is 12.2 Å². The summed E-state index contributed by atoms with van der Waals surface area (Å²) in [5.41, 5.74) is 5.53. The SMILES string of the molecule is N[C@@H](C(=O)NC1C(=O)N2C(C(=O)O)=C(CC(F)=C(F)F)CS[C@H]12)c1ccc(O)cc1. The summed E-state index contributed by atoms with van der Waals surface area (Å²) in [6, 6.07) is 3.35. The van der Waals surface area contributed by atoms with Crippen molar-refractivity contribution in [2.45, 2.75) is 23.9 Å². The molecule has 1 fully saturated rings. The van der Waals surface area contributed by atoms with E-state index in [2.05, 4.69) is 5.32 Å². The molecule has 0 spiro atoms. The first-order valence-electron chi connectivity index (χ1n) is 8.56. The highest BCUT2D eigenvalue weighted by Crippen LogP contribution is 2.42. The molecule has 1 aromatic carbocycles. The van der Waals surface area contributed by atoms with Crippen molar-refractivity contribution in [3.8, 4) is 5.75 Å². The Morgan fingerprint density at radius 3 is 2.47 bits per heavy atom. The molecule has 2 aliphatic rings. The summed E-state index contributed by atoms with van der Waals surface area (Å²) in [7, 11) is 0. The van der Waals surface area contributed by atoms with Crippen LogP contribution in [0.15, 0.2) is 47.4 Å². The summed E-state index contributed by atoms with van der Waals surface area (Å²) in [6.07, 6.45) is -3.47. The number of phenolic OH excluding ortho intramolecular Hbond substituents is 1. The molecule has 1 aromatic rings. The molecule has 12 heteroatoms. The predicted molar refractivity (Wildman–Crippen MR) is 99.7 cm³/mol. The van der Waals surface area contributed by atoms with Gasteiger partial charge in [-0.2, -0.15) is 8.78 Å². The Kier molecular flexibility index (Phi) is 6.08. The van der Waals surface area contributed by atoms with Crippen molar-refractivity contribution in [2.75, 3.05) is 5.75 Å². The predicted octanol–water partition coefficient (Wildman–Crippen LogP) is 1.60. The van der Waals surface area contributed by atoms with Gasteiger partial charge < -0.3 is 21.3 Å². The van der Waals surface area contributed by atoms with Crippen LogP contribution in [0.5, 0.6) is 5.75 Å². The second kappa shape index (κ2) is 8.40. The van der Waals surface area contributed by atoms with E-state index in [1.54, 1.807) is 0 Å². The molecule has 0 aliphatic carbocycles. The number of allylic oxidation sites excluding steroid dienone is 1. The number of fused-ring (bicyclic) bond motifs is 1. The van der Waals surface area contributed by atoms with Gasteiger partial charge in [0.25, 0.3) is 5.91 Å². The van der Waals surface area contributed by atoms with E-state index in [9.17, 15) is 37.8 Å². The van der Waals surface area contributed by atoms with Crippen LogP contribution in [0, 0.1) is 0 Å². The standard InChI is InChI=1S/C18H16F3N3O5S/c19-10(14(20)21)5-8-6-30-17-12(16(27)24(17)13(8)18(28)29)23-15(26)11(22)7-1-3-9(25)4-2-7/h1-4,11-12,17,25H,5-6,22H2,(H,23,26)(H,28,29)/t11-,12?,17-/m1/s1. The van der Waals surface area contributed by atoms with Gasteiger partial charge in [-0.3, -0.25) is 14.5 Å². The van der Waals surface area contributed by atoms with Crippen molar-refractivity contribution in [1.82, 2.24) is 10.2 Å². The summed E-state index contributed by atoms with van der Waals surface area (Å²) in [6.45, 7) is 0. The number of β-lactam (4-membered cyclic amide) rings is 1. The number of thioether (sulfide) groups is 1. The first kappa shape index (κ1) is 21.7. The number of benzene rings is 1. The number of carbonyl (C=O) groups is 3. The van der Waals surface area contributed by atoms with Crippen LogP contribution in [0.25, 0.3) is 0 Å². The summed E-state index contributed by atoms with van der Waals surface area (Å²) in [5, 5.41) is 20.4. The number of phenols is 1. The molecule has 30 heavy (non-hydrogen) atoms. The Bertz CT molecular complexity index is 962. The fourth-order valence-corrected chi connectivity index (χ4v) is 4.50. The second-order valence-electron chi connectivity index (χ2n) is 6.56. The number of halogens is 3. The van der Waals surface area contributed by atoms with Crippen LogP contribution in [0.1, 0.15) is 18.0 Å². The number of amides is 2. The van der Waals surface area contributed by atoms with E-state index in [4.69, 9.17) is 5.73 Å². The lowest BCUT2D eigenvalue weighted by molar-refractivity contribution is -0.150. The van der Waals surface area contributed by atoms with Gasteiger partial charge in [-0.05, 0) is 23.3 Å². The number of carbonyl (C=O) groups excluding carboxylic acids is 2. The van der Waals surface area contributed by atoms with Crippen molar-refractivity contribution in [3.05, 3.63) is 53.0 Å². The van der Waals surface area contributed by atoms with Crippen LogP contribution in [0.3, 0.4) is 0 Å². The monoisotopic (exact) mass is 443 g/mol. The number of carboxylic acid groups (broad SMARTS) is 1. The molecule has 0 radical (unpaired) electrons. The highest BCUT2D eigenvalue weighted by molar-refractivity contribution is 8.00. The minimum atomic E-state index is -2.55. The Morgan fingerprint density at radius 1 is 1.27 bits per heavy atom. The summed E-state index contributed by atoms with van der Waals surface area (Å²) < 4.78 is 38.1. The van der Waals surface area contributed by atoms with Gasteiger partial charge in [-0.15, -0.1) is 11.8 Å². The first-order chi connectivity index (χ1) is 14.1. The fourth-order valence-electron chi connectivity index (χ4n) is 3.15. The van der Waals surface area contributed by atoms with Crippen LogP contribution in [0.2, 0.25) is 0 Å². The lowest BCUT2D eigenvalue weighted by Crippen LogP contribution is -2.71. The van der Waals surface area contributed by atoms with Gasteiger partial charge >= 0.3 is 12.0 Å². The Morgan fingerprint density at radius 2 is 1.90 bits per heavy atom. The largest absolute Gasteiger partial charge is 0.508 e. The molecule has 3 rings (SSSR count). The van der Waals surface area contributed by atoms with Crippen LogP contribution < -0.4 is 11.1 Å². The van der Waals surface area contributed by atoms with E-state index < -0.39 is 59.3 Å². The minimum absolute atomic E-state index is 0.0162. The summed E-state index contributed by atoms with van der Waals surface area (Å²) in [4.78, 5) is 37.3. The number of rotatable bonds is 6. The van der Waals surface area contributed by atoms with Gasteiger partial charge in [-0.25, -0.2) is 9.18 Å². The highest BCUT2D eigenvalue weighted by atomic mass is 32.2. The van der Waals surface area contributed by atoms with Gasteiger partial charge in [0.05, 0.1) is 0 Å². The van der Waals surface area contributed by atoms with E-state index in [1.165, 1.54) is 24.3 Å². The third kappa shape index (κ3) is 4.00. The number of nitrogens with one attached hydrogen (secondary N) is 1. The first-order valence-corrected chi connectivity index (χ1v) is 9.61. The molecule has 2 heterocycles. The van der Waals surface area contributed by atoms with E-state index in [0.717, 1.165) is 16.7 Å². The molecule has 1 saturated heterocycles. The number of nitrogens with zero attached hydrogens (tertiary/aromatic N) is 1. The van der Waals surface area contributed by atoms with E-state index in [-0.39, 0.29) is 17.1 Å². The van der Waals surface area contributed by atoms with E-state index >= 15 is 0 Å². The number of carboxylic acids is 1. The maximum atomic E-state index is 13.3. The highest BCUT2D eigenvalue weighted by Gasteiger charge is 2.54. The molecule has 5 N–H and O–H groups in total. The number of hydrogen-bond acceptors (Lipinski definition) is 6. The van der Waals surface area contributed by atoms with Crippen LogP contribution >= 0.6 is 11.8 Å².